The van der Waals surface area contributed by atoms with Gasteiger partial charge < -0.3 is 27.4 Å². The van der Waals surface area contributed by atoms with Crippen LogP contribution in [0.4, 0.5) is 13.2 Å². The second-order valence-corrected chi connectivity index (χ2v) is 25.4. The van der Waals surface area contributed by atoms with Crippen LogP contribution in [0.25, 0.3) is 176 Å². The molecule has 0 radical (unpaired) electrons. The van der Waals surface area contributed by atoms with Gasteiger partial charge in [-0.1, -0.05) is 170 Å². The number of nitriles is 2. The topological polar surface area (TPSA) is 77.2 Å². The Morgan fingerprint density at radius 3 is 0.724 bits per heavy atom. The molecule has 0 aliphatic rings. The standard InChI is InChI=1S/C87H49F3N8/c88-87(89,90)55-42-52(50-91)41-53(43-55)54-44-81(97-83-46-56(93-73-25-9-1-17-60(73)61-18-2-10-26-74(61)93)33-37-68(83)69-38-34-57(47-84(69)97)94-75-27-11-3-19-62(75)63-20-4-12-28-76(63)94)72(51-92)82(45-54)98-85-48-58(95-77-29-13-5-21-64(77)65-22-6-14-30-78(65)95)35-39-70(85)71-40-36-59(49-86(71)98)96-79-31-15-7-23-66(79)67-24-8-16-32-80(67)96/h1-49H. The lowest BCUT2D eigenvalue weighted by Gasteiger charge is -2.20. The summed E-state index contributed by atoms with van der Waals surface area (Å²) in [5.41, 5.74) is 15.0. The Labute approximate surface area is 556 Å². The van der Waals surface area contributed by atoms with Crippen LogP contribution in [0, 0.1) is 22.7 Å². The Balaban J connectivity index is 0.954. The van der Waals surface area contributed by atoms with Crippen molar-refractivity contribution < 1.29 is 13.2 Å². The summed E-state index contributed by atoms with van der Waals surface area (Å²) < 4.78 is 59.7. The first-order chi connectivity index (χ1) is 48.2. The molecule has 0 bridgehead atoms. The molecule has 20 aromatic rings. The Morgan fingerprint density at radius 1 is 0.235 bits per heavy atom. The van der Waals surface area contributed by atoms with Crippen LogP contribution in [0.3, 0.4) is 0 Å². The highest BCUT2D eigenvalue weighted by molar-refractivity contribution is 6.17. The summed E-state index contributed by atoms with van der Waals surface area (Å²) in [6.45, 7) is 0. The predicted molar refractivity (Wildman–Crippen MR) is 392 cm³/mol. The summed E-state index contributed by atoms with van der Waals surface area (Å²) in [4.78, 5) is 0. The van der Waals surface area contributed by atoms with E-state index >= 15 is 13.2 Å². The quantitative estimate of drug-likeness (QED) is 0.159. The van der Waals surface area contributed by atoms with Crippen molar-refractivity contribution >= 4 is 131 Å². The molecule has 6 heterocycles. The summed E-state index contributed by atoms with van der Waals surface area (Å²) in [5.74, 6) is 0. The van der Waals surface area contributed by atoms with Crippen LogP contribution in [0.2, 0.25) is 0 Å². The first-order valence-corrected chi connectivity index (χ1v) is 32.5. The fourth-order valence-electron chi connectivity index (χ4n) is 16.1. The number of rotatable bonds is 7. The summed E-state index contributed by atoms with van der Waals surface area (Å²) in [6, 6.07) is 105. The third kappa shape index (κ3) is 7.87. The fourth-order valence-corrected chi connectivity index (χ4v) is 16.1. The van der Waals surface area contributed by atoms with Gasteiger partial charge in [0.05, 0.1) is 94.8 Å². The zero-order chi connectivity index (χ0) is 65.2. The molecule has 14 aromatic carbocycles. The van der Waals surface area contributed by atoms with E-state index < -0.39 is 11.7 Å². The van der Waals surface area contributed by atoms with E-state index in [9.17, 15) is 10.5 Å². The Hall–Kier alpha value is -13.4. The molecule has 0 aliphatic heterocycles. The Kier molecular flexibility index (Phi) is 11.6. The van der Waals surface area contributed by atoms with Crippen LogP contribution in [-0.4, -0.2) is 27.4 Å². The molecule has 11 heteroatoms. The maximum atomic E-state index is 15.5. The van der Waals surface area contributed by atoms with Crippen molar-refractivity contribution in [1.82, 2.24) is 27.4 Å². The van der Waals surface area contributed by atoms with Crippen LogP contribution >= 0.6 is 0 Å². The average Bonchev–Trinajstić information content (AvgIpc) is 1.54. The smallest absolute Gasteiger partial charge is 0.309 e. The van der Waals surface area contributed by atoms with E-state index in [1.54, 1.807) is 0 Å². The van der Waals surface area contributed by atoms with Gasteiger partial charge in [-0.3, -0.25) is 0 Å². The molecule has 20 rings (SSSR count). The highest BCUT2D eigenvalue weighted by atomic mass is 19.4. The normalized spacial score (nSPS) is 12.2. The van der Waals surface area contributed by atoms with Gasteiger partial charge in [-0.05, 0) is 139 Å². The molecule has 0 N–H and O–H groups in total. The van der Waals surface area contributed by atoms with Crippen LogP contribution in [0.5, 0.6) is 0 Å². The van der Waals surface area contributed by atoms with Gasteiger partial charge in [-0.2, -0.15) is 23.7 Å². The maximum Gasteiger partial charge on any atom is 0.416 e. The molecule has 0 atom stereocenters. The van der Waals surface area contributed by atoms with Gasteiger partial charge in [-0.25, -0.2) is 0 Å². The second-order valence-electron chi connectivity index (χ2n) is 25.4. The number of benzene rings is 14. The lowest BCUT2D eigenvalue weighted by molar-refractivity contribution is -0.137. The summed E-state index contributed by atoms with van der Waals surface area (Å²) >= 11 is 0. The van der Waals surface area contributed by atoms with Gasteiger partial charge in [0.1, 0.15) is 11.6 Å². The summed E-state index contributed by atoms with van der Waals surface area (Å²) in [5, 5.41) is 35.6. The molecular formula is C87H49F3N8. The van der Waals surface area contributed by atoms with E-state index in [4.69, 9.17) is 0 Å². The molecule has 6 aromatic heterocycles. The van der Waals surface area contributed by atoms with E-state index in [0.717, 1.165) is 166 Å². The minimum atomic E-state index is -4.81. The molecule has 0 saturated heterocycles. The Bertz CT molecular complexity index is 6040. The molecule has 8 nitrogen and oxygen atoms in total. The molecule has 0 aliphatic carbocycles. The van der Waals surface area contributed by atoms with E-state index in [-0.39, 0.29) is 16.7 Å². The molecule has 98 heavy (non-hydrogen) atoms. The largest absolute Gasteiger partial charge is 0.416 e. The van der Waals surface area contributed by atoms with Crippen molar-refractivity contribution in [3.8, 4) is 57.4 Å². The van der Waals surface area contributed by atoms with Gasteiger partial charge in [-0.15, -0.1) is 0 Å². The fraction of sp³-hybridized carbons (Fsp3) is 0.0115. The van der Waals surface area contributed by atoms with E-state index in [1.165, 1.54) is 6.07 Å². The third-order valence-corrected chi connectivity index (χ3v) is 20.2. The minimum Gasteiger partial charge on any atom is -0.309 e. The summed E-state index contributed by atoms with van der Waals surface area (Å²) in [7, 11) is 0. The molecule has 0 fully saturated rings. The molecular weight excluding hydrogens is 1210 g/mol. The van der Waals surface area contributed by atoms with Crippen molar-refractivity contribution in [3.63, 3.8) is 0 Å². The van der Waals surface area contributed by atoms with Crippen LogP contribution in [0.1, 0.15) is 16.7 Å². The molecule has 458 valence electrons. The molecule has 0 unspecified atom stereocenters. The number of alkyl halides is 3. The first-order valence-electron chi connectivity index (χ1n) is 32.5. The van der Waals surface area contributed by atoms with Crippen LogP contribution in [0.15, 0.2) is 297 Å². The number of aromatic nitrogens is 6. The number of halogens is 3. The first kappa shape index (κ1) is 55.1. The van der Waals surface area contributed by atoms with Gasteiger partial charge >= 0.3 is 6.18 Å². The van der Waals surface area contributed by atoms with Gasteiger partial charge in [0.25, 0.3) is 0 Å². The monoisotopic (exact) mass is 1260 g/mol. The predicted octanol–water partition coefficient (Wildman–Crippen LogP) is 22.7. The van der Waals surface area contributed by atoms with E-state index in [2.05, 4.69) is 258 Å². The molecule has 0 amide bonds. The highest BCUT2D eigenvalue weighted by Crippen LogP contribution is 2.46. The van der Waals surface area contributed by atoms with Gasteiger partial charge in [0.2, 0.25) is 0 Å². The Morgan fingerprint density at radius 2 is 0.480 bits per heavy atom. The highest BCUT2D eigenvalue weighted by Gasteiger charge is 2.33. The van der Waals surface area contributed by atoms with Crippen molar-refractivity contribution in [2.45, 2.75) is 6.18 Å². The molecule has 0 saturated carbocycles. The lowest BCUT2D eigenvalue weighted by Crippen LogP contribution is -2.07. The second kappa shape index (κ2) is 20.6. The van der Waals surface area contributed by atoms with Crippen molar-refractivity contribution in [1.29, 1.82) is 10.5 Å². The van der Waals surface area contributed by atoms with E-state index in [0.29, 0.717) is 16.9 Å². The number of hydrogen-bond donors (Lipinski definition) is 0. The number of nitrogens with zero attached hydrogens (tertiary/aromatic N) is 8. The van der Waals surface area contributed by atoms with Crippen molar-refractivity contribution in [3.05, 3.63) is 314 Å². The number of para-hydroxylation sites is 8. The zero-order valence-corrected chi connectivity index (χ0v) is 52.0. The van der Waals surface area contributed by atoms with Crippen LogP contribution in [-0.2, 0) is 6.18 Å². The number of hydrogen-bond acceptors (Lipinski definition) is 2. The third-order valence-electron chi connectivity index (χ3n) is 20.2. The number of fused-ring (bicyclic) bond motifs is 18. The lowest BCUT2D eigenvalue weighted by atomic mass is 9.96. The average molecular weight is 1260 g/mol. The van der Waals surface area contributed by atoms with Crippen LogP contribution < -0.4 is 0 Å². The van der Waals surface area contributed by atoms with Gasteiger partial charge in [0.15, 0.2) is 0 Å². The van der Waals surface area contributed by atoms with Crippen molar-refractivity contribution in [2.24, 2.45) is 0 Å². The van der Waals surface area contributed by atoms with Gasteiger partial charge in [0, 0.05) is 87.4 Å². The maximum absolute atomic E-state index is 15.5. The summed E-state index contributed by atoms with van der Waals surface area (Å²) in [6.07, 6.45) is -4.81. The van der Waals surface area contributed by atoms with E-state index in [1.807, 2.05) is 60.7 Å². The minimum absolute atomic E-state index is 0.152. The SMILES string of the molecule is N#Cc1cc(-c2cc(-n3c4cc(-n5c6ccccc6c6ccccc65)ccc4c4ccc(-n5c6ccccc6c6ccccc65)cc43)c(C#N)c(-n3c4cc(-n5c6ccccc6c6ccccc65)ccc4c4ccc(-n5c6ccccc6c6ccccc65)cc43)c2)cc(C(F)(F)F)c1. The molecule has 0 spiro atoms. The zero-order valence-electron chi connectivity index (χ0n) is 52.0. The van der Waals surface area contributed by atoms with Crippen molar-refractivity contribution in [2.75, 3.05) is 0 Å².